The van der Waals surface area contributed by atoms with Crippen molar-refractivity contribution in [2.75, 3.05) is 6.54 Å². The van der Waals surface area contributed by atoms with Gasteiger partial charge in [0.2, 0.25) is 0 Å². The van der Waals surface area contributed by atoms with Crippen LogP contribution in [0.1, 0.15) is 56.1 Å². The summed E-state index contributed by atoms with van der Waals surface area (Å²) < 4.78 is 0. The van der Waals surface area contributed by atoms with E-state index in [-0.39, 0.29) is 0 Å². The fraction of sp³-hybridized carbons (Fsp3) is 0.625. The minimum absolute atomic E-state index is 0.646. The third-order valence-corrected chi connectivity index (χ3v) is 4.40. The zero-order valence-electron chi connectivity index (χ0n) is 11.2. The SMILES string of the molecule is CC(O)(CNC1CC1)c1ccccc1C1CCC1. The number of benzene rings is 1. The molecule has 0 spiro atoms. The molecular weight excluding hydrogens is 222 g/mol. The Labute approximate surface area is 109 Å². The molecule has 1 atom stereocenters. The highest BCUT2D eigenvalue weighted by molar-refractivity contribution is 5.36. The predicted molar refractivity (Wildman–Crippen MR) is 73.6 cm³/mol. The summed E-state index contributed by atoms with van der Waals surface area (Å²) in [4.78, 5) is 0. The van der Waals surface area contributed by atoms with Crippen LogP contribution in [0.15, 0.2) is 24.3 Å². The topological polar surface area (TPSA) is 32.3 Å². The molecule has 1 aromatic rings. The molecule has 0 radical (unpaired) electrons. The molecule has 1 unspecified atom stereocenters. The van der Waals surface area contributed by atoms with Crippen molar-refractivity contribution in [2.24, 2.45) is 0 Å². The van der Waals surface area contributed by atoms with E-state index in [0.29, 0.717) is 18.5 Å². The van der Waals surface area contributed by atoms with Crippen molar-refractivity contribution < 1.29 is 5.11 Å². The largest absolute Gasteiger partial charge is 0.384 e. The van der Waals surface area contributed by atoms with Crippen molar-refractivity contribution in [3.05, 3.63) is 35.4 Å². The summed E-state index contributed by atoms with van der Waals surface area (Å²) in [5, 5.41) is 14.2. The Balaban J connectivity index is 1.79. The van der Waals surface area contributed by atoms with E-state index in [9.17, 15) is 5.11 Å². The van der Waals surface area contributed by atoms with Gasteiger partial charge >= 0.3 is 0 Å². The minimum atomic E-state index is -0.741. The summed E-state index contributed by atoms with van der Waals surface area (Å²) in [5.41, 5.74) is 1.75. The molecule has 2 aliphatic carbocycles. The molecule has 0 aliphatic heterocycles. The summed E-state index contributed by atoms with van der Waals surface area (Å²) in [5.74, 6) is 0.675. The zero-order valence-corrected chi connectivity index (χ0v) is 11.2. The Hall–Kier alpha value is -0.860. The van der Waals surface area contributed by atoms with Crippen LogP contribution in [0.4, 0.5) is 0 Å². The molecule has 18 heavy (non-hydrogen) atoms. The van der Waals surface area contributed by atoms with Crippen molar-refractivity contribution >= 4 is 0 Å². The molecule has 2 heteroatoms. The van der Waals surface area contributed by atoms with Crippen LogP contribution >= 0.6 is 0 Å². The van der Waals surface area contributed by atoms with Crippen molar-refractivity contribution in [1.29, 1.82) is 0 Å². The normalized spacial score (nSPS) is 23.4. The first-order valence-corrected chi connectivity index (χ1v) is 7.22. The van der Waals surface area contributed by atoms with Gasteiger partial charge in [-0.2, -0.15) is 0 Å². The standard InChI is InChI=1S/C16H23NO/c1-16(18,11-17-13-9-10-13)15-8-3-2-7-14(15)12-5-4-6-12/h2-3,7-8,12-13,17-18H,4-6,9-11H2,1H3. The van der Waals surface area contributed by atoms with E-state index in [1.54, 1.807) is 0 Å². The average Bonchev–Trinajstić information content (AvgIpc) is 3.08. The number of aliphatic hydroxyl groups is 1. The van der Waals surface area contributed by atoms with Crippen molar-refractivity contribution in [3.8, 4) is 0 Å². The van der Waals surface area contributed by atoms with Gasteiger partial charge in [0.05, 0.1) is 5.60 Å². The second kappa shape index (κ2) is 4.67. The lowest BCUT2D eigenvalue weighted by molar-refractivity contribution is 0.0548. The fourth-order valence-electron chi connectivity index (χ4n) is 2.79. The maximum absolute atomic E-state index is 10.7. The van der Waals surface area contributed by atoms with E-state index < -0.39 is 5.60 Å². The first-order valence-electron chi connectivity index (χ1n) is 7.22. The summed E-state index contributed by atoms with van der Waals surface area (Å²) in [6, 6.07) is 9.09. The lowest BCUT2D eigenvalue weighted by Gasteiger charge is -2.33. The second-order valence-corrected chi connectivity index (χ2v) is 6.14. The van der Waals surface area contributed by atoms with E-state index in [1.165, 1.54) is 37.7 Å². The molecule has 2 saturated carbocycles. The van der Waals surface area contributed by atoms with E-state index in [4.69, 9.17) is 0 Å². The third-order valence-electron chi connectivity index (χ3n) is 4.40. The molecule has 2 N–H and O–H groups in total. The molecule has 0 amide bonds. The molecule has 2 fully saturated rings. The molecule has 3 rings (SSSR count). The smallest absolute Gasteiger partial charge is 0.0995 e. The summed E-state index contributed by atoms with van der Waals surface area (Å²) >= 11 is 0. The second-order valence-electron chi connectivity index (χ2n) is 6.14. The lowest BCUT2D eigenvalue weighted by atomic mass is 9.75. The van der Waals surface area contributed by atoms with Crippen LogP contribution in [0.5, 0.6) is 0 Å². The van der Waals surface area contributed by atoms with Crippen LogP contribution in [0.2, 0.25) is 0 Å². The first kappa shape index (κ1) is 12.2. The Morgan fingerprint density at radius 3 is 2.56 bits per heavy atom. The maximum Gasteiger partial charge on any atom is 0.0995 e. The first-order chi connectivity index (χ1) is 8.67. The van der Waals surface area contributed by atoms with Crippen LogP contribution in [0, 0.1) is 0 Å². The summed E-state index contributed by atoms with van der Waals surface area (Å²) in [7, 11) is 0. The highest BCUT2D eigenvalue weighted by atomic mass is 16.3. The van der Waals surface area contributed by atoms with E-state index in [2.05, 4.69) is 23.5 Å². The van der Waals surface area contributed by atoms with Gasteiger partial charge in [0.15, 0.2) is 0 Å². The molecule has 0 heterocycles. The van der Waals surface area contributed by atoms with Crippen molar-refractivity contribution in [1.82, 2.24) is 5.32 Å². The molecular formula is C16H23NO. The van der Waals surface area contributed by atoms with E-state index in [0.717, 1.165) is 5.56 Å². The quantitative estimate of drug-likeness (QED) is 0.836. The molecule has 0 aromatic heterocycles. The van der Waals surface area contributed by atoms with Crippen molar-refractivity contribution in [2.45, 2.75) is 56.6 Å². The van der Waals surface area contributed by atoms with Gasteiger partial charge in [-0.3, -0.25) is 0 Å². The third kappa shape index (κ3) is 2.45. The van der Waals surface area contributed by atoms with E-state index in [1.807, 2.05) is 13.0 Å². The number of hydrogen-bond acceptors (Lipinski definition) is 2. The van der Waals surface area contributed by atoms with Crippen LogP contribution < -0.4 is 5.32 Å². The Morgan fingerprint density at radius 1 is 1.22 bits per heavy atom. The Bertz CT molecular complexity index is 419. The summed E-state index contributed by atoms with van der Waals surface area (Å²) in [6.45, 7) is 2.61. The van der Waals surface area contributed by atoms with Gasteiger partial charge in [-0.1, -0.05) is 30.7 Å². The highest BCUT2D eigenvalue weighted by Gasteiger charge is 2.32. The average molecular weight is 245 g/mol. The molecule has 2 nitrogen and oxygen atoms in total. The van der Waals surface area contributed by atoms with Gasteiger partial charge in [0, 0.05) is 12.6 Å². The van der Waals surface area contributed by atoms with Gasteiger partial charge in [-0.25, -0.2) is 0 Å². The van der Waals surface area contributed by atoms with E-state index >= 15 is 0 Å². The van der Waals surface area contributed by atoms with Gasteiger partial charge in [-0.15, -0.1) is 0 Å². The molecule has 98 valence electrons. The Morgan fingerprint density at radius 2 is 1.94 bits per heavy atom. The zero-order chi connectivity index (χ0) is 12.6. The van der Waals surface area contributed by atoms with Gasteiger partial charge in [-0.05, 0) is 49.7 Å². The van der Waals surface area contributed by atoms with Crippen molar-refractivity contribution in [3.63, 3.8) is 0 Å². The lowest BCUT2D eigenvalue weighted by Crippen LogP contribution is -2.37. The number of rotatable bonds is 5. The van der Waals surface area contributed by atoms with Gasteiger partial charge in [0.25, 0.3) is 0 Å². The molecule has 1 aromatic carbocycles. The molecule has 0 bridgehead atoms. The van der Waals surface area contributed by atoms with Crippen LogP contribution in [0.3, 0.4) is 0 Å². The number of nitrogens with one attached hydrogen (secondary N) is 1. The van der Waals surface area contributed by atoms with Crippen LogP contribution in [0.25, 0.3) is 0 Å². The molecule has 0 saturated heterocycles. The maximum atomic E-state index is 10.7. The Kier molecular flexibility index (Phi) is 3.16. The van der Waals surface area contributed by atoms with Crippen LogP contribution in [-0.4, -0.2) is 17.7 Å². The van der Waals surface area contributed by atoms with Gasteiger partial charge in [0.1, 0.15) is 0 Å². The summed E-state index contributed by atoms with van der Waals surface area (Å²) in [6.07, 6.45) is 6.43. The fourth-order valence-corrected chi connectivity index (χ4v) is 2.79. The predicted octanol–water partition coefficient (Wildman–Crippen LogP) is 2.91. The highest BCUT2D eigenvalue weighted by Crippen LogP contribution is 2.40. The van der Waals surface area contributed by atoms with Gasteiger partial charge < -0.3 is 10.4 Å². The molecule has 2 aliphatic rings. The number of hydrogen-bond donors (Lipinski definition) is 2. The van der Waals surface area contributed by atoms with Crippen LogP contribution in [-0.2, 0) is 5.60 Å². The monoisotopic (exact) mass is 245 g/mol. The minimum Gasteiger partial charge on any atom is -0.384 e.